The number of nitrogens with zero attached hydrogens (tertiary/aromatic N) is 3. The van der Waals surface area contributed by atoms with Gasteiger partial charge < -0.3 is 0 Å². The topological polar surface area (TPSA) is 20.5 Å². The van der Waals surface area contributed by atoms with Gasteiger partial charge in [0.25, 0.3) is 0 Å². The van der Waals surface area contributed by atoms with E-state index < -0.39 is 0 Å². The quantitative estimate of drug-likeness (QED) is 0.615. The van der Waals surface area contributed by atoms with Crippen LogP contribution in [-0.4, -0.2) is 16.4 Å². The molecule has 4 heteroatoms. The zero-order valence-corrected chi connectivity index (χ0v) is 13.9. The molecule has 24 heavy (non-hydrogen) atoms. The summed E-state index contributed by atoms with van der Waals surface area (Å²) in [6, 6.07) is 16.0. The fourth-order valence-corrected chi connectivity index (χ4v) is 3.60. The first-order valence-corrected chi connectivity index (χ1v) is 8.37. The normalized spacial score (nSPS) is 14.3. The van der Waals surface area contributed by atoms with Crippen LogP contribution in [0, 0.1) is 6.57 Å². The molecule has 118 valence electrons. The zero-order chi connectivity index (χ0) is 16.5. The van der Waals surface area contributed by atoms with Crippen molar-refractivity contribution in [2.75, 3.05) is 6.54 Å². The highest BCUT2D eigenvalue weighted by molar-refractivity contribution is 6.36. The van der Waals surface area contributed by atoms with Crippen LogP contribution in [0.15, 0.2) is 48.5 Å². The van der Waals surface area contributed by atoms with E-state index in [1.807, 2.05) is 18.2 Å². The Morgan fingerprint density at radius 1 is 1.17 bits per heavy atom. The Morgan fingerprint density at radius 2 is 2.00 bits per heavy atom. The van der Waals surface area contributed by atoms with Gasteiger partial charge in [0.15, 0.2) is 5.69 Å². The summed E-state index contributed by atoms with van der Waals surface area (Å²) in [5.41, 5.74) is 4.98. The molecular formula is C20H16ClN3. The van der Waals surface area contributed by atoms with E-state index in [2.05, 4.69) is 34.0 Å². The third-order valence-electron chi connectivity index (χ3n) is 4.51. The van der Waals surface area contributed by atoms with Crippen molar-refractivity contribution in [2.45, 2.75) is 19.5 Å². The Kier molecular flexibility index (Phi) is 3.93. The molecule has 0 atom stereocenters. The maximum atomic E-state index is 7.19. The summed E-state index contributed by atoms with van der Waals surface area (Å²) in [5, 5.41) is 1.63. The Labute approximate surface area is 146 Å². The number of halogens is 1. The number of pyridine rings is 1. The van der Waals surface area contributed by atoms with Gasteiger partial charge in [-0.25, -0.2) is 4.85 Å². The lowest BCUT2D eigenvalue weighted by atomic mass is 10.0. The Morgan fingerprint density at radius 3 is 2.79 bits per heavy atom. The largest absolute Gasteiger partial charge is 0.294 e. The van der Waals surface area contributed by atoms with E-state index in [4.69, 9.17) is 23.2 Å². The lowest BCUT2D eigenvalue weighted by Crippen LogP contribution is -2.31. The standard InChI is InChI=1S/C20H16ClN3/c1-22-15-7-8-18-16(11-15)20(21)17-13-24(10-9-19(17)23-18)12-14-5-3-2-4-6-14/h2-8,11H,9-10,12-13H2. The molecule has 3 aromatic rings. The van der Waals surface area contributed by atoms with Crippen LogP contribution < -0.4 is 0 Å². The first kappa shape index (κ1) is 15.1. The number of hydrogen-bond donors (Lipinski definition) is 0. The van der Waals surface area contributed by atoms with Gasteiger partial charge in [0.1, 0.15) is 0 Å². The van der Waals surface area contributed by atoms with Gasteiger partial charge in [0, 0.05) is 42.7 Å². The van der Waals surface area contributed by atoms with E-state index in [0.29, 0.717) is 5.69 Å². The van der Waals surface area contributed by atoms with Crippen molar-refractivity contribution in [3.63, 3.8) is 0 Å². The molecule has 0 spiro atoms. The lowest BCUT2D eigenvalue weighted by molar-refractivity contribution is 0.244. The van der Waals surface area contributed by atoms with E-state index in [1.54, 1.807) is 6.07 Å². The summed E-state index contributed by atoms with van der Waals surface area (Å²) in [7, 11) is 0. The van der Waals surface area contributed by atoms with E-state index in [0.717, 1.165) is 53.2 Å². The summed E-state index contributed by atoms with van der Waals surface area (Å²) in [4.78, 5) is 10.7. The number of hydrogen-bond acceptors (Lipinski definition) is 2. The first-order valence-electron chi connectivity index (χ1n) is 7.99. The van der Waals surface area contributed by atoms with Crippen molar-refractivity contribution < 1.29 is 0 Å². The summed E-state index contributed by atoms with van der Waals surface area (Å²) in [6.07, 6.45) is 0.905. The highest BCUT2D eigenvalue weighted by Crippen LogP contribution is 2.34. The first-order chi connectivity index (χ1) is 11.7. The monoisotopic (exact) mass is 333 g/mol. The lowest BCUT2D eigenvalue weighted by Gasteiger charge is -2.29. The van der Waals surface area contributed by atoms with Gasteiger partial charge in [-0.15, -0.1) is 0 Å². The van der Waals surface area contributed by atoms with Gasteiger partial charge in [-0.05, 0) is 17.7 Å². The summed E-state index contributed by atoms with van der Waals surface area (Å²) >= 11 is 6.69. The molecule has 0 saturated carbocycles. The molecule has 1 aliphatic heterocycles. The van der Waals surface area contributed by atoms with Crippen LogP contribution in [0.3, 0.4) is 0 Å². The predicted molar refractivity (Wildman–Crippen MR) is 97.3 cm³/mol. The second-order valence-corrected chi connectivity index (χ2v) is 6.49. The summed E-state index contributed by atoms with van der Waals surface area (Å²) in [5.74, 6) is 0. The molecular weight excluding hydrogens is 318 g/mol. The van der Waals surface area contributed by atoms with E-state index in [1.165, 1.54) is 5.56 Å². The Balaban J connectivity index is 1.69. The van der Waals surface area contributed by atoms with Crippen LogP contribution in [0.5, 0.6) is 0 Å². The molecule has 2 heterocycles. The van der Waals surface area contributed by atoms with Crippen LogP contribution in [0.2, 0.25) is 5.02 Å². The number of rotatable bonds is 2. The smallest absolute Gasteiger partial charge is 0.188 e. The van der Waals surface area contributed by atoms with Crippen molar-refractivity contribution >= 4 is 28.2 Å². The average Bonchev–Trinajstić information content (AvgIpc) is 2.63. The molecule has 0 aliphatic carbocycles. The third-order valence-corrected chi connectivity index (χ3v) is 4.94. The molecule has 0 unspecified atom stereocenters. The molecule has 0 N–H and O–H groups in total. The maximum absolute atomic E-state index is 7.19. The predicted octanol–water partition coefficient (Wildman–Crippen LogP) is 5.00. The van der Waals surface area contributed by atoms with Gasteiger partial charge in [-0.1, -0.05) is 48.0 Å². The van der Waals surface area contributed by atoms with Crippen LogP contribution in [0.1, 0.15) is 16.8 Å². The van der Waals surface area contributed by atoms with Crippen LogP contribution >= 0.6 is 11.6 Å². The van der Waals surface area contributed by atoms with Crippen molar-refractivity contribution in [3.05, 3.63) is 81.8 Å². The highest BCUT2D eigenvalue weighted by atomic mass is 35.5. The zero-order valence-electron chi connectivity index (χ0n) is 13.2. The van der Waals surface area contributed by atoms with Crippen molar-refractivity contribution in [1.29, 1.82) is 0 Å². The maximum Gasteiger partial charge on any atom is 0.188 e. The minimum atomic E-state index is 0.600. The van der Waals surface area contributed by atoms with E-state index in [9.17, 15) is 0 Å². The summed E-state index contributed by atoms with van der Waals surface area (Å²) < 4.78 is 0. The van der Waals surface area contributed by atoms with Gasteiger partial charge in [0.05, 0.1) is 17.1 Å². The Bertz CT molecular complexity index is 944. The molecule has 0 fully saturated rings. The molecule has 1 aromatic heterocycles. The second kappa shape index (κ2) is 6.24. The van der Waals surface area contributed by atoms with E-state index >= 15 is 0 Å². The molecule has 0 radical (unpaired) electrons. The van der Waals surface area contributed by atoms with E-state index in [-0.39, 0.29) is 0 Å². The van der Waals surface area contributed by atoms with Gasteiger partial charge >= 0.3 is 0 Å². The van der Waals surface area contributed by atoms with Gasteiger partial charge in [-0.2, -0.15) is 0 Å². The number of fused-ring (bicyclic) bond motifs is 2. The Hall–Kier alpha value is -2.41. The van der Waals surface area contributed by atoms with Gasteiger partial charge in [-0.3, -0.25) is 9.88 Å². The molecule has 0 saturated heterocycles. The van der Waals surface area contributed by atoms with Crippen molar-refractivity contribution in [3.8, 4) is 0 Å². The molecule has 4 rings (SSSR count). The number of aromatic nitrogens is 1. The second-order valence-electron chi connectivity index (χ2n) is 6.11. The SMILES string of the molecule is [C-]#[N+]c1ccc2nc3c(c(Cl)c2c1)CN(Cc1ccccc1)CC3. The van der Waals surface area contributed by atoms with Crippen LogP contribution in [-0.2, 0) is 19.5 Å². The van der Waals surface area contributed by atoms with Crippen LogP contribution in [0.25, 0.3) is 15.7 Å². The van der Waals surface area contributed by atoms with Crippen LogP contribution in [0.4, 0.5) is 5.69 Å². The summed E-state index contributed by atoms with van der Waals surface area (Å²) in [6.45, 7) is 9.88. The van der Waals surface area contributed by atoms with Crippen molar-refractivity contribution in [1.82, 2.24) is 9.88 Å². The average molecular weight is 334 g/mol. The third kappa shape index (κ3) is 2.75. The minimum absolute atomic E-state index is 0.600. The molecule has 0 bridgehead atoms. The number of benzene rings is 2. The molecule has 0 amide bonds. The van der Waals surface area contributed by atoms with Gasteiger partial charge in [0.2, 0.25) is 0 Å². The molecule has 2 aromatic carbocycles. The van der Waals surface area contributed by atoms with Crippen molar-refractivity contribution in [2.24, 2.45) is 0 Å². The molecule has 3 nitrogen and oxygen atoms in total. The molecule has 1 aliphatic rings. The fourth-order valence-electron chi connectivity index (χ4n) is 3.28. The fraction of sp³-hybridized carbons (Fsp3) is 0.200. The highest BCUT2D eigenvalue weighted by Gasteiger charge is 2.22. The minimum Gasteiger partial charge on any atom is -0.294 e.